The van der Waals surface area contributed by atoms with E-state index in [1.165, 1.54) is 17.3 Å². The molecule has 6 heteroatoms. The number of carbonyl (C=O) groups excluding carboxylic acids is 1. The van der Waals surface area contributed by atoms with Gasteiger partial charge in [-0.15, -0.1) is 11.7 Å². The van der Waals surface area contributed by atoms with Gasteiger partial charge < -0.3 is 10.6 Å². The van der Waals surface area contributed by atoms with Crippen molar-refractivity contribution in [1.29, 1.82) is 0 Å². The molecule has 26 heavy (non-hydrogen) atoms. The fourth-order valence-corrected chi connectivity index (χ4v) is 3.84. The maximum absolute atomic E-state index is 12.9. The molecule has 2 N–H and O–H groups in total. The second kappa shape index (κ2) is 6.88. The molecular formula is C20H20N4OS. The molecule has 0 spiro atoms. The Bertz CT molecular complexity index is 878. The molecule has 2 atom stereocenters. The Labute approximate surface area is 157 Å². The molecule has 0 radical (unpaired) electrons. The molecule has 2 heterocycles. The Morgan fingerprint density at radius 1 is 1.23 bits per heavy atom. The van der Waals surface area contributed by atoms with Gasteiger partial charge in [-0.2, -0.15) is 0 Å². The molecule has 5 nitrogen and oxygen atoms in total. The number of para-hydroxylation sites is 1. The first-order valence-corrected chi connectivity index (χ1v) is 9.49. The molecule has 2 aromatic carbocycles. The summed E-state index contributed by atoms with van der Waals surface area (Å²) in [6.45, 7) is 5.79. The van der Waals surface area contributed by atoms with E-state index in [1.807, 2.05) is 29.3 Å². The summed E-state index contributed by atoms with van der Waals surface area (Å²) in [6.07, 6.45) is 1.59. The van der Waals surface area contributed by atoms with Crippen molar-refractivity contribution in [2.24, 2.45) is 5.10 Å². The summed E-state index contributed by atoms with van der Waals surface area (Å²) >= 11 is 1.47. The number of hydrazone groups is 1. The average molecular weight is 364 g/mol. The molecule has 132 valence electrons. The quantitative estimate of drug-likeness (QED) is 0.814. The van der Waals surface area contributed by atoms with Crippen LogP contribution >= 0.6 is 11.8 Å². The smallest absolute Gasteiger partial charge is 0.255 e. The molecule has 4 rings (SSSR count). The Morgan fingerprint density at radius 2 is 2.00 bits per heavy atom. The Hall–Kier alpha value is -2.73. The highest BCUT2D eigenvalue weighted by Crippen LogP contribution is 2.42. The Balaban J connectivity index is 1.79. The Morgan fingerprint density at radius 3 is 2.77 bits per heavy atom. The standard InChI is InChI=1S/C20H20N4OS/c1-3-12-26-20-22-19(25)17-15-6-4-5-7-16(15)21-18(24(17)23-20)14-10-8-13(2)9-11-14/h3-11,17-18,21H,1,12H2,2H3,(H,22,23,25). The van der Waals surface area contributed by atoms with Gasteiger partial charge in [0.15, 0.2) is 11.2 Å². The van der Waals surface area contributed by atoms with E-state index in [0.29, 0.717) is 10.9 Å². The lowest BCUT2D eigenvalue weighted by Gasteiger charge is -2.43. The van der Waals surface area contributed by atoms with Crippen LogP contribution in [0.2, 0.25) is 0 Å². The van der Waals surface area contributed by atoms with Gasteiger partial charge in [-0.1, -0.05) is 65.9 Å². The van der Waals surface area contributed by atoms with Gasteiger partial charge in [0.1, 0.15) is 6.17 Å². The highest BCUT2D eigenvalue weighted by Gasteiger charge is 2.41. The maximum atomic E-state index is 12.9. The van der Waals surface area contributed by atoms with Crippen LogP contribution in [0.1, 0.15) is 28.9 Å². The van der Waals surface area contributed by atoms with Crippen LogP contribution in [-0.4, -0.2) is 21.8 Å². The molecule has 0 saturated heterocycles. The summed E-state index contributed by atoms with van der Waals surface area (Å²) in [5.41, 5.74) is 4.17. The summed E-state index contributed by atoms with van der Waals surface area (Å²) in [4.78, 5) is 12.9. The highest BCUT2D eigenvalue weighted by molar-refractivity contribution is 8.14. The number of aryl methyl sites for hydroxylation is 1. The molecule has 2 aliphatic heterocycles. The minimum Gasteiger partial charge on any atom is -0.360 e. The Kier molecular flexibility index (Phi) is 4.42. The molecule has 2 unspecified atom stereocenters. The zero-order chi connectivity index (χ0) is 18.1. The van der Waals surface area contributed by atoms with E-state index in [2.05, 4.69) is 48.4 Å². The van der Waals surface area contributed by atoms with Crippen molar-refractivity contribution in [1.82, 2.24) is 10.3 Å². The zero-order valence-electron chi connectivity index (χ0n) is 14.5. The van der Waals surface area contributed by atoms with Crippen molar-refractivity contribution in [3.8, 4) is 0 Å². The van der Waals surface area contributed by atoms with Crippen molar-refractivity contribution in [3.05, 3.63) is 77.9 Å². The number of hydrogen-bond donors (Lipinski definition) is 2. The fraction of sp³-hybridized carbons (Fsp3) is 0.200. The number of amides is 1. The first-order chi connectivity index (χ1) is 12.7. The van der Waals surface area contributed by atoms with Crippen LogP contribution in [0.3, 0.4) is 0 Å². The van der Waals surface area contributed by atoms with E-state index in [-0.39, 0.29) is 12.1 Å². The van der Waals surface area contributed by atoms with Crippen molar-refractivity contribution in [2.45, 2.75) is 19.1 Å². The molecule has 1 amide bonds. The van der Waals surface area contributed by atoms with Crippen LogP contribution < -0.4 is 10.6 Å². The molecule has 0 bridgehead atoms. The van der Waals surface area contributed by atoms with Gasteiger partial charge in [0.05, 0.1) is 0 Å². The number of hydrogen-bond acceptors (Lipinski definition) is 5. The predicted octanol–water partition coefficient (Wildman–Crippen LogP) is 3.78. The third-order valence-corrected chi connectivity index (χ3v) is 5.35. The van der Waals surface area contributed by atoms with Gasteiger partial charge in [0, 0.05) is 17.0 Å². The second-order valence-electron chi connectivity index (χ2n) is 6.32. The lowest BCUT2D eigenvalue weighted by atomic mass is 9.97. The molecule has 0 fully saturated rings. The lowest BCUT2D eigenvalue weighted by Crippen LogP contribution is -2.50. The van der Waals surface area contributed by atoms with Crippen molar-refractivity contribution in [2.75, 3.05) is 11.1 Å². The van der Waals surface area contributed by atoms with Gasteiger partial charge in [0.2, 0.25) is 0 Å². The van der Waals surface area contributed by atoms with E-state index >= 15 is 0 Å². The van der Waals surface area contributed by atoms with Crippen LogP contribution in [0.5, 0.6) is 0 Å². The number of nitrogens with zero attached hydrogens (tertiary/aromatic N) is 2. The predicted molar refractivity (Wildman–Crippen MR) is 107 cm³/mol. The van der Waals surface area contributed by atoms with Crippen molar-refractivity contribution < 1.29 is 4.79 Å². The first kappa shape index (κ1) is 16.7. The zero-order valence-corrected chi connectivity index (χ0v) is 15.3. The SMILES string of the molecule is C=CCSC1=NN2C(c3ccc(C)cc3)Nc3ccccc3C2C(=O)N1. The summed E-state index contributed by atoms with van der Waals surface area (Å²) in [7, 11) is 0. The second-order valence-corrected chi connectivity index (χ2v) is 7.33. The number of fused-ring (bicyclic) bond motifs is 3. The van der Waals surface area contributed by atoms with Crippen LogP contribution in [0.15, 0.2) is 66.3 Å². The molecule has 2 aliphatic rings. The number of rotatable bonds is 3. The molecule has 0 aromatic heterocycles. The normalized spacial score (nSPS) is 21.0. The molecule has 0 saturated carbocycles. The van der Waals surface area contributed by atoms with E-state index in [1.54, 1.807) is 6.08 Å². The minimum atomic E-state index is -0.452. The number of thioether (sulfide) groups is 1. The highest BCUT2D eigenvalue weighted by atomic mass is 32.2. The van der Waals surface area contributed by atoms with E-state index in [4.69, 9.17) is 5.10 Å². The van der Waals surface area contributed by atoms with Crippen LogP contribution in [0.4, 0.5) is 5.69 Å². The number of amidine groups is 1. The van der Waals surface area contributed by atoms with E-state index < -0.39 is 6.04 Å². The monoisotopic (exact) mass is 364 g/mol. The number of anilines is 1. The van der Waals surface area contributed by atoms with Crippen LogP contribution in [-0.2, 0) is 4.79 Å². The van der Waals surface area contributed by atoms with Gasteiger partial charge in [-0.25, -0.2) is 0 Å². The molecule has 2 aromatic rings. The third kappa shape index (κ3) is 2.97. The fourth-order valence-electron chi connectivity index (χ4n) is 3.24. The summed E-state index contributed by atoms with van der Waals surface area (Å²) in [5.74, 6) is 0.634. The topological polar surface area (TPSA) is 56.7 Å². The van der Waals surface area contributed by atoms with Gasteiger partial charge >= 0.3 is 0 Å². The summed E-state index contributed by atoms with van der Waals surface area (Å²) in [5, 5.41) is 13.7. The van der Waals surface area contributed by atoms with E-state index in [0.717, 1.165) is 16.8 Å². The third-order valence-electron chi connectivity index (χ3n) is 4.49. The van der Waals surface area contributed by atoms with Gasteiger partial charge in [-0.05, 0) is 18.6 Å². The molecular weight excluding hydrogens is 344 g/mol. The minimum absolute atomic E-state index is 0.0578. The number of nitrogens with one attached hydrogen (secondary N) is 2. The number of carbonyl (C=O) groups is 1. The molecule has 0 aliphatic carbocycles. The van der Waals surface area contributed by atoms with E-state index in [9.17, 15) is 4.79 Å². The maximum Gasteiger partial charge on any atom is 0.255 e. The summed E-state index contributed by atoms with van der Waals surface area (Å²) in [6, 6.07) is 15.8. The lowest BCUT2D eigenvalue weighted by molar-refractivity contribution is -0.127. The first-order valence-electron chi connectivity index (χ1n) is 8.51. The number of benzene rings is 2. The van der Waals surface area contributed by atoms with Crippen molar-refractivity contribution >= 4 is 28.5 Å². The largest absolute Gasteiger partial charge is 0.360 e. The van der Waals surface area contributed by atoms with Gasteiger partial charge in [0.25, 0.3) is 5.91 Å². The van der Waals surface area contributed by atoms with Gasteiger partial charge in [-0.3, -0.25) is 9.80 Å². The van der Waals surface area contributed by atoms with Crippen molar-refractivity contribution in [3.63, 3.8) is 0 Å². The average Bonchev–Trinajstić information content (AvgIpc) is 2.66. The van der Waals surface area contributed by atoms with Crippen LogP contribution in [0, 0.1) is 6.92 Å². The summed E-state index contributed by atoms with van der Waals surface area (Å²) < 4.78 is 0. The van der Waals surface area contributed by atoms with Crippen LogP contribution in [0.25, 0.3) is 0 Å².